The summed E-state index contributed by atoms with van der Waals surface area (Å²) in [4.78, 5) is 4.88. The lowest BCUT2D eigenvalue weighted by molar-refractivity contribution is 0.186. The van der Waals surface area contributed by atoms with Crippen LogP contribution in [-0.4, -0.2) is 56.0 Å². The van der Waals surface area contributed by atoms with E-state index in [1.807, 2.05) is 0 Å². The zero-order chi connectivity index (χ0) is 11.1. The normalized spacial score (nSPS) is 23.6. The van der Waals surface area contributed by atoms with Crippen LogP contribution in [0.1, 0.15) is 25.7 Å². The van der Waals surface area contributed by atoms with Gasteiger partial charge >= 0.3 is 0 Å². The van der Waals surface area contributed by atoms with E-state index in [0.717, 1.165) is 24.8 Å². The van der Waals surface area contributed by atoms with E-state index < -0.39 is 0 Å². The smallest absolute Gasteiger partial charge is 0.0235 e. The van der Waals surface area contributed by atoms with Crippen molar-refractivity contribution in [2.45, 2.75) is 25.7 Å². The lowest BCUT2D eigenvalue weighted by atomic mass is 9.95. The van der Waals surface area contributed by atoms with Gasteiger partial charge in [0.15, 0.2) is 0 Å². The number of nitrogens with zero attached hydrogens (tertiary/aromatic N) is 2. The Bertz CT molecular complexity index is 164. The van der Waals surface area contributed by atoms with Gasteiger partial charge in [-0.1, -0.05) is 0 Å². The standard InChI is InChI=1S/C12H25ClN2/c1-14(9-4-7-13)10-6-12-5-3-8-15(2)11-12/h12H,3-11H2,1-2H3. The lowest BCUT2D eigenvalue weighted by Gasteiger charge is -2.30. The second-order valence-corrected chi connectivity index (χ2v) is 5.28. The predicted octanol–water partition coefficient (Wildman–Crippen LogP) is 2.28. The average Bonchev–Trinajstić information content (AvgIpc) is 2.23. The topological polar surface area (TPSA) is 6.48 Å². The summed E-state index contributed by atoms with van der Waals surface area (Å²) in [5.74, 6) is 1.71. The van der Waals surface area contributed by atoms with Crippen molar-refractivity contribution in [3.05, 3.63) is 0 Å². The van der Waals surface area contributed by atoms with Crippen LogP contribution in [0, 0.1) is 5.92 Å². The zero-order valence-corrected chi connectivity index (χ0v) is 11.0. The number of halogens is 1. The van der Waals surface area contributed by atoms with Crippen LogP contribution in [0.15, 0.2) is 0 Å². The summed E-state index contributed by atoms with van der Waals surface area (Å²) in [7, 11) is 4.45. The van der Waals surface area contributed by atoms with Gasteiger partial charge in [0.1, 0.15) is 0 Å². The van der Waals surface area contributed by atoms with Gasteiger partial charge in [0, 0.05) is 12.4 Å². The number of piperidine rings is 1. The molecule has 0 saturated carbocycles. The van der Waals surface area contributed by atoms with Crippen LogP contribution in [0.25, 0.3) is 0 Å². The van der Waals surface area contributed by atoms with Crippen molar-refractivity contribution in [1.82, 2.24) is 9.80 Å². The van der Waals surface area contributed by atoms with Crippen LogP contribution in [0.4, 0.5) is 0 Å². The van der Waals surface area contributed by atoms with Crippen LogP contribution < -0.4 is 0 Å². The Morgan fingerprint density at radius 1 is 1.40 bits per heavy atom. The van der Waals surface area contributed by atoms with E-state index in [-0.39, 0.29) is 0 Å². The molecule has 2 nitrogen and oxygen atoms in total. The number of hydrogen-bond acceptors (Lipinski definition) is 2. The largest absolute Gasteiger partial charge is 0.306 e. The third kappa shape index (κ3) is 5.74. The van der Waals surface area contributed by atoms with Crippen LogP contribution >= 0.6 is 11.6 Å². The van der Waals surface area contributed by atoms with Gasteiger partial charge in [0.25, 0.3) is 0 Å². The molecule has 1 aliphatic heterocycles. The van der Waals surface area contributed by atoms with Gasteiger partial charge in [0.05, 0.1) is 0 Å². The summed E-state index contributed by atoms with van der Waals surface area (Å²) in [5, 5.41) is 0. The molecule has 90 valence electrons. The molecule has 0 aromatic rings. The molecular formula is C12H25ClN2. The fourth-order valence-corrected chi connectivity index (χ4v) is 2.47. The van der Waals surface area contributed by atoms with Gasteiger partial charge in [0.2, 0.25) is 0 Å². The zero-order valence-electron chi connectivity index (χ0n) is 10.2. The Morgan fingerprint density at radius 3 is 2.87 bits per heavy atom. The summed E-state index contributed by atoms with van der Waals surface area (Å²) in [6.07, 6.45) is 5.27. The van der Waals surface area contributed by atoms with E-state index in [0.29, 0.717) is 0 Å². The molecule has 0 aliphatic carbocycles. The molecule has 1 aliphatic rings. The first-order chi connectivity index (χ1) is 7.22. The quantitative estimate of drug-likeness (QED) is 0.649. The number of likely N-dealkylation sites (tertiary alicyclic amines) is 1. The first-order valence-corrected chi connectivity index (χ1v) is 6.69. The average molecular weight is 233 g/mol. The molecule has 1 fully saturated rings. The van der Waals surface area contributed by atoms with Crippen molar-refractivity contribution < 1.29 is 0 Å². The van der Waals surface area contributed by atoms with E-state index in [2.05, 4.69) is 23.9 Å². The molecule has 1 heterocycles. The van der Waals surface area contributed by atoms with Crippen molar-refractivity contribution in [1.29, 1.82) is 0 Å². The molecule has 1 atom stereocenters. The summed E-state index contributed by atoms with van der Waals surface area (Å²) >= 11 is 5.68. The van der Waals surface area contributed by atoms with Crippen LogP contribution in [0.2, 0.25) is 0 Å². The van der Waals surface area contributed by atoms with Gasteiger partial charge in [-0.05, 0) is 65.3 Å². The van der Waals surface area contributed by atoms with E-state index in [1.54, 1.807) is 0 Å². The summed E-state index contributed by atoms with van der Waals surface area (Å²) in [6.45, 7) is 4.96. The highest BCUT2D eigenvalue weighted by molar-refractivity contribution is 6.17. The van der Waals surface area contributed by atoms with Gasteiger partial charge in [-0.15, -0.1) is 11.6 Å². The number of alkyl halides is 1. The third-order valence-corrected chi connectivity index (χ3v) is 3.58. The summed E-state index contributed by atoms with van der Waals surface area (Å²) in [5.41, 5.74) is 0. The predicted molar refractivity (Wildman–Crippen MR) is 67.7 cm³/mol. The first kappa shape index (κ1) is 13.3. The molecule has 15 heavy (non-hydrogen) atoms. The van der Waals surface area contributed by atoms with Crippen LogP contribution in [-0.2, 0) is 0 Å². The molecule has 0 N–H and O–H groups in total. The van der Waals surface area contributed by atoms with Crippen LogP contribution in [0.3, 0.4) is 0 Å². The van der Waals surface area contributed by atoms with Gasteiger partial charge in [-0.2, -0.15) is 0 Å². The second kappa shape index (κ2) is 7.48. The van der Waals surface area contributed by atoms with E-state index in [9.17, 15) is 0 Å². The minimum atomic E-state index is 0.788. The maximum absolute atomic E-state index is 5.68. The SMILES string of the molecule is CN(CCCCl)CCC1CCCN(C)C1. The second-order valence-electron chi connectivity index (χ2n) is 4.90. The molecule has 1 rings (SSSR count). The van der Waals surface area contributed by atoms with Gasteiger partial charge in [-0.3, -0.25) is 0 Å². The molecule has 3 heteroatoms. The number of rotatable bonds is 6. The van der Waals surface area contributed by atoms with Crippen molar-refractivity contribution in [2.75, 3.05) is 46.2 Å². The first-order valence-electron chi connectivity index (χ1n) is 6.15. The third-order valence-electron chi connectivity index (χ3n) is 3.31. The highest BCUT2D eigenvalue weighted by atomic mass is 35.5. The van der Waals surface area contributed by atoms with Crippen molar-refractivity contribution in [2.24, 2.45) is 5.92 Å². The Balaban J connectivity index is 2.07. The fraction of sp³-hybridized carbons (Fsp3) is 1.00. The monoisotopic (exact) mass is 232 g/mol. The van der Waals surface area contributed by atoms with E-state index >= 15 is 0 Å². The molecule has 0 radical (unpaired) electrons. The van der Waals surface area contributed by atoms with Crippen molar-refractivity contribution in [3.8, 4) is 0 Å². The molecule has 0 spiro atoms. The summed E-state index contributed by atoms with van der Waals surface area (Å²) in [6, 6.07) is 0. The molecule has 0 aromatic carbocycles. The molecule has 0 aromatic heterocycles. The fourth-order valence-electron chi connectivity index (χ4n) is 2.35. The van der Waals surface area contributed by atoms with Gasteiger partial charge < -0.3 is 9.80 Å². The van der Waals surface area contributed by atoms with E-state index in [4.69, 9.17) is 11.6 Å². The maximum atomic E-state index is 5.68. The highest BCUT2D eigenvalue weighted by Crippen LogP contribution is 2.18. The minimum Gasteiger partial charge on any atom is -0.306 e. The minimum absolute atomic E-state index is 0.788. The molecule has 0 bridgehead atoms. The highest BCUT2D eigenvalue weighted by Gasteiger charge is 2.16. The molecule has 1 saturated heterocycles. The van der Waals surface area contributed by atoms with Crippen molar-refractivity contribution in [3.63, 3.8) is 0 Å². The Kier molecular flexibility index (Phi) is 6.62. The Labute approximate surface area is 99.6 Å². The number of hydrogen-bond donors (Lipinski definition) is 0. The molecular weight excluding hydrogens is 208 g/mol. The summed E-state index contributed by atoms with van der Waals surface area (Å²) < 4.78 is 0. The van der Waals surface area contributed by atoms with Crippen molar-refractivity contribution >= 4 is 11.6 Å². The van der Waals surface area contributed by atoms with Crippen LogP contribution in [0.5, 0.6) is 0 Å². The molecule has 1 unspecified atom stereocenters. The lowest BCUT2D eigenvalue weighted by Crippen LogP contribution is -2.34. The molecule has 0 amide bonds. The van der Waals surface area contributed by atoms with Gasteiger partial charge in [-0.25, -0.2) is 0 Å². The Morgan fingerprint density at radius 2 is 2.20 bits per heavy atom. The maximum Gasteiger partial charge on any atom is 0.0235 e. The van der Waals surface area contributed by atoms with E-state index in [1.165, 1.54) is 38.9 Å². The Hall–Kier alpha value is 0.210.